The second kappa shape index (κ2) is 8.62. The standard InChI is InChI=1S/C20H23N3O6S/c1-10(24)23-6-5-12-15(9-23)30-20(16(12)18(21)25)22-19(26)11-7-13(27-2)17(29-4)14(8-11)28-3/h7-8H,5-6,9H2,1-4H3,(H2,21,25)(H,22,26). The van der Waals surface area contributed by atoms with Crippen LogP contribution in [-0.2, 0) is 17.8 Å². The van der Waals surface area contributed by atoms with Crippen LogP contribution >= 0.6 is 11.3 Å². The molecular formula is C20H23N3O6S. The summed E-state index contributed by atoms with van der Waals surface area (Å²) in [4.78, 5) is 39.3. The van der Waals surface area contributed by atoms with E-state index in [-0.39, 0.29) is 11.5 Å². The van der Waals surface area contributed by atoms with E-state index in [4.69, 9.17) is 19.9 Å². The molecule has 3 rings (SSSR count). The Hall–Kier alpha value is -3.27. The largest absolute Gasteiger partial charge is 0.493 e. The molecule has 0 spiro atoms. The minimum absolute atomic E-state index is 0.0438. The first kappa shape index (κ1) is 21.4. The molecule has 0 saturated heterocycles. The number of amides is 3. The molecule has 0 aliphatic carbocycles. The highest BCUT2D eigenvalue weighted by molar-refractivity contribution is 7.17. The van der Waals surface area contributed by atoms with Crippen molar-refractivity contribution in [1.29, 1.82) is 0 Å². The monoisotopic (exact) mass is 433 g/mol. The van der Waals surface area contributed by atoms with Gasteiger partial charge in [0.15, 0.2) is 11.5 Å². The van der Waals surface area contributed by atoms with Crippen LogP contribution in [0.2, 0.25) is 0 Å². The summed E-state index contributed by atoms with van der Waals surface area (Å²) in [6.45, 7) is 2.38. The molecule has 0 radical (unpaired) electrons. The first-order chi connectivity index (χ1) is 14.3. The molecule has 9 nitrogen and oxygen atoms in total. The maximum absolute atomic E-state index is 12.9. The van der Waals surface area contributed by atoms with E-state index < -0.39 is 11.8 Å². The highest BCUT2D eigenvalue weighted by Crippen LogP contribution is 2.40. The molecule has 0 bridgehead atoms. The first-order valence-corrected chi connectivity index (χ1v) is 9.93. The van der Waals surface area contributed by atoms with E-state index in [9.17, 15) is 14.4 Å². The van der Waals surface area contributed by atoms with Crippen LogP contribution in [0.3, 0.4) is 0 Å². The van der Waals surface area contributed by atoms with Crippen molar-refractivity contribution < 1.29 is 28.6 Å². The van der Waals surface area contributed by atoms with E-state index in [0.29, 0.717) is 47.3 Å². The van der Waals surface area contributed by atoms with E-state index >= 15 is 0 Å². The van der Waals surface area contributed by atoms with Crippen molar-refractivity contribution in [3.05, 3.63) is 33.7 Å². The van der Waals surface area contributed by atoms with Crippen molar-refractivity contribution in [1.82, 2.24) is 4.90 Å². The molecule has 30 heavy (non-hydrogen) atoms. The summed E-state index contributed by atoms with van der Waals surface area (Å²) >= 11 is 1.25. The Labute approximate surface area is 177 Å². The summed E-state index contributed by atoms with van der Waals surface area (Å²) in [6, 6.07) is 3.04. The van der Waals surface area contributed by atoms with Gasteiger partial charge in [0.2, 0.25) is 11.7 Å². The number of ether oxygens (including phenoxy) is 3. The van der Waals surface area contributed by atoms with Gasteiger partial charge < -0.3 is 30.2 Å². The number of hydrogen-bond acceptors (Lipinski definition) is 7. The molecule has 3 amide bonds. The van der Waals surface area contributed by atoms with Crippen LogP contribution in [0.5, 0.6) is 17.2 Å². The fourth-order valence-electron chi connectivity index (χ4n) is 3.41. The third kappa shape index (κ3) is 3.90. The number of benzene rings is 1. The Balaban J connectivity index is 1.96. The Bertz CT molecular complexity index is 991. The number of hydrogen-bond donors (Lipinski definition) is 2. The number of carbonyl (C=O) groups excluding carboxylic acids is 3. The fraction of sp³-hybridized carbons (Fsp3) is 0.350. The van der Waals surface area contributed by atoms with E-state index in [2.05, 4.69) is 5.32 Å². The Kier molecular flexibility index (Phi) is 6.16. The van der Waals surface area contributed by atoms with Crippen LogP contribution in [0, 0.1) is 0 Å². The second-order valence-electron chi connectivity index (χ2n) is 6.63. The number of nitrogens with zero attached hydrogens (tertiary/aromatic N) is 1. The van der Waals surface area contributed by atoms with Crippen molar-refractivity contribution in [2.45, 2.75) is 19.9 Å². The zero-order chi connectivity index (χ0) is 22.0. The number of nitrogens with two attached hydrogens (primary N) is 1. The molecule has 0 fully saturated rings. The molecule has 1 aromatic heterocycles. The molecule has 160 valence electrons. The van der Waals surface area contributed by atoms with Gasteiger partial charge in [-0.3, -0.25) is 14.4 Å². The molecule has 0 atom stereocenters. The Morgan fingerprint density at radius 1 is 1.10 bits per heavy atom. The van der Waals surface area contributed by atoms with Gasteiger partial charge in [0, 0.05) is 23.9 Å². The Morgan fingerprint density at radius 3 is 2.23 bits per heavy atom. The summed E-state index contributed by atoms with van der Waals surface area (Å²) < 4.78 is 15.8. The van der Waals surface area contributed by atoms with Crippen molar-refractivity contribution in [3.8, 4) is 17.2 Å². The van der Waals surface area contributed by atoms with Gasteiger partial charge in [0.1, 0.15) is 5.00 Å². The number of fused-ring (bicyclic) bond motifs is 1. The number of primary amides is 1. The lowest BCUT2D eigenvalue weighted by atomic mass is 10.0. The first-order valence-electron chi connectivity index (χ1n) is 9.11. The van der Waals surface area contributed by atoms with Crippen LogP contribution in [0.4, 0.5) is 5.00 Å². The molecule has 2 aromatic rings. The van der Waals surface area contributed by atoms with Gasteiger partial charge >= 0.3 is 0 Å². The SMILES string of the molecule is COc1cc(C(=O)Nc2sc3c(c2C(N)=O)CCN(C(C)=O)C3)cc(OC)c1OC. The van der Waals surface area contributed by atoms with E-state index in [0.717, 1.165) is 10.4 Å². The Morgan fingerprint density at radius 2 is 1.73 bits per heavy atom. The number of thiophene rings is 1. The maximum atomic E-state index is 12.9. The normalized spacial score (nSPS) is 12.7. The number of carbonyl (C=O) groups is 3. The third-order valence-electron chi connectivity index (χ3n) is 4.90. The quantitative estimate of drug-likeness (QED) is 0.719. The lowest BCUT2D eigenvalue weighted by molar-refractivity contribution is -0.129. The summed E-state index contributed by atoms with van der Waals surface area (Å²) in [6.07, 6.45) is 0.504. The van der Waals surface area contributed by atoms with Gasteiger partial charge in [-0.05, 0) is 24.1 Å². The molecule has 0 unspecified atom stereocenters. The predicted molar refractivity (Wildman–Crippen MR) is 112 cm³/mol. The number of nitrogens with one attached hydrogen (secondary N) is 1. The number of anilines is 1. The summed E-state index contributed by atoms with van der Waals surface area (Å²) in [5, 5.41) is 3.13. The van der Waals surface area contributed by atoms with Crippen LogP contribution in [0.15, 0.2) is 12.1 Å². The van der Waals surface area contributed by atoms with Gasteiger partial charge in [0.05, 0.1) is 33.4 Å². The van der Waals surface area contributed by atoms with Gasteiger partial charge in [-0.1, -0.05) is 0 Å². The average molecular weight is 433 g/mol. The third-order valence-corrected chi connectivity index (χ3v) is 6.03. The average Bonchev–Trinajstić information content (AvgIpc) is 3.09. The highest BCUT2D eigenvalue weighted by Gasteiger charge is 2.29. The molecule has 1 aliphatic heterocycles. The van der Waals surface area contributed by atoms with Crippen molar-refractivity contribution in [2.75, 3.05) is 33.2 Å². The number of rotatable bonds is 6. The van der Waals surface area contributed by atoms with Crippen LogP contribution in [-0.4, -0.2) is 50.5 Å². The van der Waals surface area contributed by atoms with E-state index in [1.165, 1.54) is 51.7 Å². The topological polar surface area (TPSA) is 120 Å². The van der Waals surface area contributed by atoms with Crippen LogP contribution < -0.4 is 25.3 Å². The van der Waals surface area contributed by atoms with Crippen molar-refractivity contribution in [2.24, 2.45) is 5.73 Å². The summed E-state index contributed by atoms with van der Waals surface area (Å²) in [5.41, 5.74) is 6.93. The molecule has 2 heterocycles. The van der Waals surface area contributed by atoms with E-state index in [1.54, 1.807) is 4.90 Å². The minimum Gasteiger partial charge on any atom is -0.493 e. The zero-order valence-corrected chi connectivity index (χ0v) is 18.0. The fourth-order valence-corrected chi connectivity index (χ4v) is 4.67. The zero-order valence-electron chi connectivity index (χ0n) is 17.2. The predicted octanol–water partition coefficient (Wildman–Crippen LogP) is 2.03. The molecule has 1 aromatic carbocycles. The molecule has 10 heteroatoms. The summed E-state index contributed by atoms with van der Waals surface area (Å²) in [5.74, 6) is -0.0925. The molecule has 1 aliphatic rings. The minimum atomic E-state index is -0.621. The van der Waals surface area contributed by atoms with Crippen molar-refractivity contribution in [3.63, 3.8) is 0 Å². The lowest BCUT2D eigenvalue weighted by Gasteiger charge is -2.25. The molecule has 3 N–H and O–H groups in total. The highest BCUT2D eigenvalue weighted by atomic mass is 32.1. The summed E-state index contributed by atoms with van der Waals surface area (Å²) in [7, 11) is 4.39. The number of methoxy groups -OCH3 is 3. The van der Waals surface area contributed by atoms with E-state index in [1.807, 2.05) is 0 Å². The smallest absolute Gasteiger partial charge is 0.256 e. The maximum Gasteiger partial charge on any atom is 0.256 e. The van der Waals surface area contributed by atoms with Gasteiger partial charge in [0.25, 0.3) is 11.8 Å². The van der Waals surface area contributed by atoms with Gasteiger partial charge in [-0.25, -0.2) is 0 Å². The molecular weight excluding hydrogens is 410 g/mol. The van der Waals surface area contributed by atoms with Crippen LogP contribution in [0.25, 0.3) is 0 Å². The second-order valence-corrected chi connectivity index (χ2v) is 7.74. The van der Waals surface area contributed by atoms with Gasteiger partial charge in [-0.15, -0.1) is 11.3 Å². The lowest BCUT2D eigenvalue weighted by Crippen LogP contribution is -2.34. The van der Waals surface area contributed by atoms with Crippen LogP contribution in [0.1, 0.15) is 38.1 Å². The van der Waals surface area contributed by atoms with Crippen molar-refractivity contribution >= 4 is 34.1 Å². The van der Waals surface area contributed by atoms with Gasteiger partial charge in [-0.2, -0.15) is 0 Å². The molecule has 0 saturated carbocycles.